The molecule has 0 atom stereocenters. The monoisotopic (exact) mass is 237 g/mol. The predicted molar refractivity (Wildman–Crippen MR) is 62.5 cm³/mol. The highest BCUT2D eigenvalue weighted by Gasteiger charge is 2.31. The van der Waals surface area contributed by atoms with Gasteiger partial charge >= 0.3 is 6.09 Å². The third-order valence-corrected chi connectivity index (χ3v) is 2.15. The van der Waals surface area contributed by atoms with Crippen LogP contribution < -0.4 is 10.8 Å². The van der Waals surface area contributed by atoms with Gasteiger partial charge in [0.05, 0.1) is 11.9 Å². The Morgan fingerprint density at radius 1 is 1.53 bits per heavy atom. The molecule has 0 saturated heterocycles. The van der Waals surface area contributed by atoms with Gasteiger partial charge in [-0.2, -0.15) is 5.90 Å². The number of hydrogen-bond donors (Lipinski definition) is 1. The number of anilines is 1. The lowest BCUT2D eigenvalue weighted by atomic mass is 10.0. The SMILES string of the molecule is CC(C)(C)N(C(=O)ON)c1cnccc1C=O. The van der Waals surface area contributed by atoms with E-state index in [0.717, 1.165) is 0 Å². The molecule has 0 aromatic carbocycles. The molecule has 6 heteroatoms. The number of rotatable bonds is 2. The predicted octanol–water partition coefficient (Wildman–Crippen LogP) is 1.51. The molecule has 1 aromatic rings. The summed E-state index contributed by atoms with van der Waals surface area (Å²) in [6, 6.07) is 1.52. The molecule has 1 heterocycles. The minimum absolute atomic E-state index is 0.348. The molecule has 0 aliphatic carbocycles. The summed E-state index contributed by atoms with van der Waals surface area (Å²) in [5, 5.41) is 0. The van der Waals surface area contributed by atoms with Crippen molar-refractivity contribution in [3.05, 3.63) is 24.0 Å². The fraction of sp³-hybridized carbons (Fsp3) is 0.364. The third kappa shape index (κ3) is 2.79. The van der Waals surface area contributed by atoms with Gasteiger partial charge in [0.15, 0.2) is 6.29 Å². The lowest BCUT2D eigenvalue weighted by molar-refractivity contribution is 0.112. The molecule has 0 unspecified atom stereocenters. The number of aromatic nitrogens is 1. The molecular formula is C11H15N3O3. The van der Waals surface area contributed by atoms with Crippen LogP contribution in [0.25, 0.3) is 0 Å². The summed E-state index contributed by atoms with van der Waals surface area (Å²) in [5.41, 5.74) is 0.128. The minimum Gasteiger partial charge on any atom is -0.356 e. The van der Waals surface area contributed by atoms with E-state index in [2.05, 4.69) is 9.82 Å². The number of carbonyl (C=O) groups excluding carboxylic acids is 2. The fourth-order valence-electron chi connectivity index (χ4n) is 1.47. The Labute approximate surface area is 99.3 Å². The summed E-state index contributed by atoms with van der Waals surface area (Å²) in [7, 11) is 0. The van der Waals surface area contributed by atoms with Gasteiger partial charge in [0.1, 0.15) is 0 Å². The molecule has 92 valence electrons. The standard InChI is InChI=1S/C11H15N3O3/c1-11(2,3)14(10(16)17-12)9-6-13-5-4-8(9)7-15/h4-7H,12H2,1-3H3. The Balaban J connectivity index is 3.32. The van der Waals surface area contributed by atoms with Crippen molar-refractivity contribution in [1.29, 1.82) is 0 Å². The van der Waals surface area contributed by atoms with E-state index in [1.54, 1.807) is 20.8 Å². The zero-order valence-electron chi connectivity index (χ0n) is 10.0. The molecule has 0 fully saturated rings. The molecule has 1 rings (SSSR count). The first-order valence-corrected chi connectivity index (χ1v) is 5.02. The van der Waals surface area contributed by atoms with E-state index in [9.17, 15) is 9.59 Å². The van der Waals surface area contributed by atoms with Crippen LogP contribution >= 0.6 is 0 Å². The van der Waals surface area contributed by atoms with Crippen LogP contribution in [0.3, 0.4) is 0 Å². The number of aldehydes is 1. The van der Waals surface area contributed by atoms with Crippen LogP contribution in [0, 0.1) is 0 Å². The van der Waals surface area contributed by atoms with Crippen LogP contribution in [-0.4, -0.2) is 22.9 Å². The molecule has 0 spiro atoms. The van der Waals surface area contributed by atoms with Crippen molar-refractivity contribution in [3.63, 3.8) is 0 Å². The normalized spacial score (nSPS) is 10.8. The zero-order valence-corrected chi connectivity index (χ0v) is 10.0. The highest BCUT2D eigenvalue weighted by atomic mass is 16.7. The third-order valence-electron chi connectivity index (χ3n) is 2.15. The second kappa shape index (κ2) is 4.92. The summed E-state index contributed by atoms with van der Waals surface area (Å²) in [6.45, 7) is 5.39. The Bertz CT molecular complexity index is 426. The fourth-order valence-corrected chi connectivity index (χ4v) is 1.47. The molecule has 0 bridgehead atoms. The van der Waals surface area contributed by atoms with Crippen LogP contribution in [-0.2, 0) is 4.84 Å². The smallest absolute Gasteiger partial charge is 0.356 e. The molecular weight excluding hydrogens is 222 g/mol. The number of hydrogen-bond acceptors (Lipinski definition) is 5. The Kier molecular flexibility index (Phi) is 3.80. The number of carbonyl (C=O) groups is 2. The topological polar surface area (TPSA) is 85.5 Å². The van der Waals surface area contributed by atoms with Gasteiger partial charge in [-0.15, -0.1) is 0 Å². The van der Waals surface area contributed by atoms with E-state index in [-0.39, 0.29) is 0 Å². The van der Waals surface area contributed by atoms with Crippen molar-refractivity contribution < 1.29 is 14.4 Å². The summed E-state index contributed by atoms with van der Waals surface area (Å²) in [6.07, 6.45) is 2.81. The summed E-state index contributed by atoms with van der Waals surface area (Å²) >= 11 is 0. The Morgan fingerprint density at radius 3 is 2.65 bits per heavy atom. The molecule has 0 aliphatic rings. The minimum atomic E-state index is -0.742. The highest BCUT2D eigenvalue weighted by Crippen LogP contribution is 2.26. The zero-order chi connectivity index (χ0) is 13.1. The van der Waals surface area contributed by atoms with E-state index in [1.165, 1.54) is 23.4 Å². The van der Waals surface area contributed by atoms with E-state index >= 15 is 0 Å². The second-order valence-corrected chi connectivity index (χ2v) is 4.44. The quantitative estimate of drug-likeness (QED) is 0.622. The number of amides is 1. The number of nitrogens with zero attached hydrogens (tertiary/aromatic N) is 2. The first-order chi connectivity index (χ1) is 7.91. The van der Waals surface area contributed by atoms with Gasteiger partial charge in [-0.1, -0.05) is 0 Å². The van der Waals surface area contributed by atoms with Gasteiger partial charge < -0.3 is 4.84 Å². The maximum atomic E-state index is 11.7. The van der Waals surface area contributed by atoms with E-state index in [1.807, 2.05) is 0 Å². The van der Waals surface area contributed by atoms with E-state index in [4.69, 9.17) is 5.90 Å². The first-order valence-electron chi connectivity index (χ1n) is 5.02. The molecule has 2 N–H and O–H groups in total. The molecule has 1 amide bonds. The largest absolute Gasteiger partial charge is 0.433 e. The van der Waals surface area contributed by atoms with Crippen LogP contribution in [0.2, 0.25) is 0 Å². The molecule has 1 aromatic heterocycles. The molecule has 6 nitrogen and oxygen atoms in total. The molecule has 0 saturated carbocycles. The highest BCUT2D eigenvalue weighted by molar-refractivity contribution is 5.95. The molecule has 0 radical (unpaired) electrons. The van der Waals surface area contributed by atoms with Crippen LogP contribution in [0.1, 0.15) is 31.1 Å². The van der Waals surface area contributed by atoms with Crippen molar-refractivity contribution in [2.75, 3.05) is 4.90 Å². The first kappa shape index (κ1) is 13.1. The van der Waals surface area contributed by atoms with Crippen LogP contribution in [0.4, 0.5) is 10.5 Å². The average molecular weight is 237 g/mol. The molecule has 17 heavy (non-hydrogen) atoms. The van der Waals surface area contributed by atoms with Crippen molar-refractivity contribution in [2.45, 2.75) is 26.3 Å². The lowest BCUT2D eigenvalue weighted by Gasteiger charge is -2.34. The van der Waals surface area contributed by atoms with Gasteiger partial charge in [-0.3, -0.25) is 14.7 Å². The van der Waals surface area contributed by atoms with Crippen molar-refractivity contribution >= 4 is 18.1 Å². The Morgan fingerprint density at radius 2 is 2.18 bits per heavy atom. The number of pyridine rings is 1. The van der Waals surface area contributed by atoms with Crippen LogP contribution in [0.5, 0.6) is 0 Å². The van der Waals surface area contributed by atoms with Crippen molar-refractivity contribution in [2.24, 2.45) is 5.90 Å². The van der Waals surface area contributed by atoms with Gasteiger partial charge in [0, 0.05) is 17.3 Å². The Hall–Kier alpha value is -1.95. The van der Waals surface area contributed by atoms with Crippen molar-refractivity contribution in [1.82, 2.24) is 4.98 Å². The van der Waals surface area contributed by atoms with Gasteiger partial charge in [-0.05, 0) is 26.8 Å². The van der Waals surface area contributed by atoms with Gasteiger partial charge in [-0.25, -0.2) is 4.79 Å². The maximum absolute atomic E-state index is 11.7. The van der Waals surface area contributed by atoms with Crippen molar-refractivity contribution in [3.8, 4) is 0 Å². The summed E-state index contributed by atoms with van der Waals surface area (Å²) < 4.78 is 0. The van der Waals surface area contributed by atoms with E-state index in [0.29, 0.717) is 17.5 Å². The summed E-state index contributed by atoms with van der Waals surface area (Å²) in [5.74, 6) is 4.90. The summed E-state index contributed by atoms with van der Waals surface area (Å²) in [4.78, 5) is 32.0. The van der Waals surface area contributed by atoms with E-state index < -0.39 is 11.6 Å². The van der Waals surface area contributed by atoms with Gasteiger partial charge in [0.25, 0.3) is 0 Å². The second-order valence-electron chi connectivity index (χ2n) is 4.44. The average Bonchev–Trinajstić information content (AvgIpc) is 2.28. The lowest BCUT2D eigenvalue weighted by Crippen LogP contribution is -2.47. The van der Waals surface area contributed by atoms with Gasteiger partial charge in [0.2, 0.25) is 0 Å². The van der Waals surface area contributed by atoms with Crippen LogP contribution in [0.15, 0.2) is 18.5 Å². The molecule has 0 aliphatic heterocycles. The number of nitrogens with two attached hydrogens (primary N) is 1. The maximum Gasteiger partial charge on any atom is 0.433 e.